The van der Waals surface area contributed by atoms with E-state index in [4.69, 9.17) is 5.73 Å². The Morgan fingerprint density at radius 3 is 2.29 bits per heavy atom. The summed E-state index contributed by atoms with van der Waals surface area (Å²) in [5.74, 6) is -0.311. The fraction of sp³-hybridized carbons (Fsp3) is 0.364. The Labute approximate surface area is 107 Å². The van der Waals surface area contributed by atoms with E-state index < -0.39 is 10.0 Å². The Morgan fingerprint density at radius 2 is 1.88 bits per heavy atom. The highest BCUT2D eigenvalue weighted by Crippen LogP contribution is 2.17. The fourth-order valence-electron chi connectivity index (χ4n) is 1.38. The molecule has 1 rings (SSSR count). The summed E-state index contributed by atoms with van der Waals surface area (Å²) in [4.78, 5) is -0.0259. The number of thiocarbonyl (C=S) groups is 1. The molecule has 0 amide bonds. The van der Waals surface area contributed by atoms with Crippen molar-refractivity contribution in [3.63, 3.8) is 0 Å². The lowest BCUT2D eigenvalue weighted by atomic mass is 10.1. The molecule has 0 spiro atoms. The molecule has 0 atom stereocenters. The topological polar surface area (TPSA) is 63.4 Å². The van der Waals surface area contributed by atoms with Crippen molar-refractivity contribution < 1.29 is 8.42 Å². The monoisotopic (exact) mass is 272 g/mol. The molecule has 0 saturated carbocycles. The Kier molecular flexibility index (Phi) is 4.47. The van der Waals surface area contributed by atoms with Crippen LogP contribution in [-0.2, 0) is 16.4 Å². The maximum atomic E-state index is 11.9. The van der Waals surface area contributed by atoms with Crippen molar-refractivity contribution in [2.24, 2.45) is 5.73 Å². The lowest BCUT2D eigenvalue weighted by Crippen LogP contribution is -2.34. The molecule has 0 unspecified atom stereocenters. The van der Waals surface area contributed by atoms with Crippen LogP contribution >= 0.6 is 12.2 Å². The van der Waals surface area contributed by atoms with E-state index in [2.05, 4.69) is 12.2 Å². The van der Waals surface area contributed by atoms with Gasteiger partial charge < -0.3 is 5.73 Å². The van der Waals surface area contributed by atoms with Gasteiger partial charge in [0.2, 0.25) is 10.0 Å². The molecular formula is C11H16N2O2S2. The van der Waals surface area contributed by atoms with Crippen LogP contribution in [0.3, 0.4) is 0 Å². The quantitative estimate of drug-likeness (QED) is 0.821. The molecule has 0 fully saturated rings. The summed E-state index contributed by atoms with van der Waals surface area (Å²) < 4.78 is 24.9. The minimum Gasteiger partial charge on any atom is -0.392 e. The Hall–Kier alpha value is -1.14. The van der Waals surface area contributed by atoms with Gasteiger partial charge in [0.1, 0.15) is 5.75 Å². The molecule has 6 heteroatoms. The molecule has 0 bridgehead atoms. The van der Waals surface area contributed by atoms with E-state index in [0.29, 0.717) is 5.69 Å². The molecule has 0 aromatic heterocycles. The molecule has 0 radical (unpaired) electrons. The first-order chi connectivity index (χ1) is 7.86. The van der Waals surface area contributed by atoms with Crippen LogP contribution in [0.15, 0.2) is 24.3 Å². The zero-order valence-electron chi connectivity index (χ0n) is 9.88. The van der Waals surface area contributed by atoms with Crippen LogP contribution in [0, 0.1) is 0 Å². The molecule has 0 heterocycles. The number of hydrogen-bond acceptors (Lipinski definition) is 3. The van der Waals surface area contributed by atoms with Crippen molar-refractivity contribution in [2.45, 2.75) is 13.3 Å². The van der Waals surface area contributed by atoms with E-state index in [1.165, 1.54) is 11.4 Å². The summed E-state index contributed by atoms with van der Waals surface area (Å²) in [5, 5.41) is 0. The highest BCUT2D eigenvalue weighted by atomic mass is 32.2. The Morgan fingerprint density at radius 1 is 1.35 bits per heavy atom. The maximum absolute atomic E-state index is 11.9. The van der Waals surface area contributed by atoms with Gasteiger partial charge in [-0.15, -0.1) is 0 Å². The molecule has 0 aliphatic carbocycles. The first-order valence-corrected chi connectivity index (χ1v) is 7.22. The Balaban J connectivity index is 2.95. The lowest BCUT2D eigenvalue weighted by molar-refractivity contribution is 0.598. The zero-order chi connectivity index (χ0) is 13.1. The van der Waals surface area contributed by atoms with Crippen LogP contribution in [0.2, 0.25) is 0 Å². The summed E-state index contributed by atoms with van der Waals surface area (Å²) >= 11 is 4.62. The molecule has 17 heavy (non-hydrogen) atoms. The molecule has 0 saturated heterocycles. The van der Waals surface area contributed by atoms with E-state index in [0.717, 1.165) is 12.0 Å². The third-order valence-corrected chi connectivity index (χ3v) is 4.50. The number of rotatable bonds is 5. The van der Waals surface area contributed by atoms with Crippen LogP contribution in [0.5, 0.6) is 0 Å². The van der Waals surface area contributed by atoms with Crippen LogP contribution in [0.25, 0.3) is 0 Å². The molecular weight excluding hydrogens is 256 g/mol. The lowest BCUT2D eigenvalue weighted by Gasteiger charge is -2.19. The van der Waals surface area contributed by atoms with Gasteiger partial charge in [0.25, 0.3) is 0 Å². The summed E-state index contributed by atoms with van der Waals surface area (Å²) in [7, 11) is -1.97. The predicted octanol–water partition coefficient (Wildman–Crippen LogP) is 1.30. The van der Waals surface area contributed by atoms with E-state index in [-0.39, 0.29) is 10.7 Å². The number of nitrogens with zero attached hydrogens (tertiary/aromatic N) is 1. The van der Waals surface area contributed by atoms with Crippen molar-refractivity contribution in [3.8, 4) is 0 Å². The maximum Gasteiger partial charge on any atom is 0.241 e. The highest BCUT2D eigenvalue weighted by Gasteiger charge is 2.19. The minimum atomic E-state index is -3.47. The number of hydrogen-bond donors (Lipinski definition) is 1. The van der Waals surface area contributed by atoms with Crippen molar-refractivity contribution in [1.29, 1.82) is 0 Å². The second-order valence-electron chi connectivity index (χ2n) is 3.71. The predicted molar refractivity (Wildman–Crippen MR) is 74.8 cm³/mol. The third-order valence-electron chi connectivity index (χ3n) is 2.45. The first-order valence-electron chi connectivity index (χ1n) is 5.20. The number of anilines is 1. The number of nitrogens with two attached hydrogens (primary N) is 1. The fourth-order valence-corrected chi connectivity index (χ4v) is 2.82. The van der Waals surface area contributed by atoms with Gasteiger partial charge in [0.15, 0.2) is 0 Å². The second kappa shape index (κ2) is 5.46. The van der Waals surface area contributed by atoms with E-state index in [9.17, 15) is 8.42 Å². The zero-order valence-corrected chi connectivity index (χ0v) is 11.5. The SMILES string of the molecule is CCc1ccc(N(C)S(=O)(=O)CC(N)=S)cc1. The van der Waals surface area contributed by atoms with Gasteiger partial charge in [-0.1, -0.05) is 31.3 Å². The van der Waals surface area contributed by atoms with Crippen molar-refractivity contribution >= 4 is 32.9 Å². The molecule has 0 aliphatic heterocycles. The standard InChI is InChI=1S/C11H16N2O2S2/c1-3-9-4-6-10(7-5-9)13(2)17(14,15)8-11(12)16/h4-7H,3,8H2,1-2H3,(H2,12,16). The average molecular weight is 272 g/mol. The van der Waals surface area contributed by atoms with Crippen LogP contribution in [0.1, 0.15) is 12.5 Å². The number of sulfonamides is 1. The molecule has 94 valence electrons. The van der Waals surface area contributed by atoms with Crippen molar-refractivity contribution in [1.82, 2.24) is 0 Å². The summed E-state index contributed by atoms with van der Waals surface area (Å²) in [6.07, 6.45) is 0.920. The minimum absolute atomic E-state index is 0.0259. The van der Waals surface area contributed by atoms with Gasteiger partial charge in [-0.2, -0.15) is 0 Å². The van der Waals surface area contributed by atoms with Gasteiger partial charge >= 0.3 is 0 Å². The molecule has 0 aliphatic rings. The second-order valence-corrected chi connectivity index (χ2v) is 6.23. The number of benzene rings is 1. The molecule has 1 aromatic carbocycles. The first kappa shape index (κ1) is 13.9. The normalized spacial score (nSPS) is 11.2. The van der Waals surface area contributed by atoms with Gasteiger partial charge in [-0.3, -0.25) is 4.31 Å². The highest BCUT2D eigenvalue weighted by molar-refractivity contribution is 7.95. The van der Waals surface area contributed by atoms with E-state index in [1.54, 1.807) is 12.1 Å². The summed E-state index contributed by atoms with van der Waals surface area (Å²) in [6, 6.07) is 7.36. The van der Waals surface area contributed by atoms with E-state index >= 15 is 0 Å². The number of aryl methyl sites for hydroxylation is 1. The van der Waals surface area contributed by atoms with Crippen LogP contribution < -0.4 is 10.0 Å². The van der Waals surface area contributed by atoms with Gasteiger partial charge in [0, 0.05) is 7.05 Å². The Bertz CT molecular complexity index is 495. The third kappa shape index (κ3) is 3.67. The molecule has 2 N–H and O–H groups in total. The average Bonchev–Trinajstić information content (AvgIpc) is 2.26. The van der Waals surface area contributed by atoms with Crippen molar-refractivity contribution in [3.05, 3.63) is 29.8 Å². The largest absolute Gasteiger partial charge is 0.392 e. The summed E-state index contributed by atoms with van der Waals surface area (Å²) in [6.45, 7) is 2.04. The van der Waals surface area contributed by atoms with Crippen molar-refractivity contribution in [2.75, 3.05) is 17.1 Å². The van der Waals surface area contributed by atoms with Crippen LogP contribution in [0.4, 0.5) is 5.69 Å². The van der Waals surface area contributed by atoms with Gasteiger partial charge in [-0.25, -0.2) is 8.42 Å². The van der Waals surface area contributed by atoms with Crippen LogP contribution in [-0.4, -0.2) is 26.2 Å². The smallest absolute Gasteiger partial charge is 0.241 e. The molecule has 1 aromatic rings. The molecule has 4 nitrogen and oxygen atoms in total. The summed E-state index contributed by atoms with van der Waals surface area (Å²) in [5.41, 5.74) is 7.04. The van der Waals surface area contributed by atoms with Gasteiger partial charge in [0.05, 0.1) is 10.7 Å². The van der Waals surface area contributed by atoms with E-state index in [1.807, 2.05) is 19.1 Å². The van der Waals surface area contributed by atoms with Gasteiger partial charge in [-0.05, 0) is 24.1 Å².